The van der Waals surface area contributed by atoms with Crippen molar-refractivity contribution in [3.63, 3.8) is 0 Å². The number of amides is 1. The smallest absolute Gasteiger partial charge is 0.325 e. The van der Waals surface area contributed by atoms with Crippen LogP contribution in [0.5, 0.6) is 0 Å². The van der Waals surface area contributed by atoms with Gasteiger partial charge in [-0.15, -0.1) is 6.42 Å². The lowest BCUT2D eigenvalue weighted by Gasteiger charge is -2.20. The van der Waals surface area contributed by atoms with Crippen molar-refractivity contribution < 1.29 is 14.3 Å². The fraction of sp³-hybridized carbons (Fsp3) is 0.636. The normalized spacial score (nSPS) is 14.1. The highest BCUT2D eigenvalue weighted by Gasteiger charge is 2.33. The Balaban J connectivity index is 2.47. The van der Waals surface area contributed by atoms with E-state index in [1.165, 1.54) is 4.90 Å². The lowest BCUT2D eigenvalue weighted by atomic mass is 10.3. The molecular formula is C11H15NO3. The van der Waals surface area contributed by atoms with Crippen LogP contribution in [0.4, 0.5) is 0 Å². The van der Waals surface area contributed by atoms with Crippen LogP contribution in [0.15, 0.2) is 0 Å². The maximum Gasteiger partial charge on any atom is 0.325 e. The summed E-state index contributed by atoms with van der Waals surface area (Å²) in [6.07, 6.45) is 7.02. The van der Waals surface area contributed by atoms with Crippen LogP contribution >= 0.6 is 0 Å². The molecule has 82 valence electrons. The third-order valence-electron chi connectivity index (χ3n) is 2.17. The summed E-state index contributed by atoms with van der Waals surface area (Å²) in [5.41, 5.74) is 0. The first-order valence-electron chi connectivity index (χ1n) is 5.07. The Kier molecular flexibility index (Phi) is 4.17. The summed E-state index contributed by atoms with van der Waals surface area (Å²) in [6, 6.07) is 0.190. The van der Waals surface area contributed by atoms with Gasteiger partial charge in [0.25, 0.3) is 0 Å². The van der Waals surface area contributed by atoms with Crippen molar-refractivity contribution in [2.75, 3.05) is 13.2 Å². The number of carbonyl (C=O) groups excluding carboxylic acids is 2. The van der Waals surface area contributed by atoms with Crippen LogP contribution in [0, 0.1) is 12.3 Å². The Bertz CT molecular complexity index is 289. The summed E-state index contributed by atoms with van der Waals surface area (Å²) < 4.78 is 4.79. The van der Waals surface area contributed by atoms with E-state index in [1.807, 2.05) is 0 Å². The number of carbonyl (C=O) groups is 2. The molecular weight excluding hydrogens is 194 g/mol. The zero-order valence-corrected chi connectivity index (χ0v) is 8.86. The molecule has 0 radical (unpaired) electrons. The van der Waals surface area contributed by atoms with Gasteiger partial charge in [-0.3, -0.25) is 9.59 Å². The quantitative estimate of drug-likeness (QED) is 0.491. The van der Waals surface area contributed by atoms with Gasteiger partial charge in [-0.1, -0.05) is 5.92 Å². The van der Waals surface area contributed by atoms with Crippen LogP contribution in [0.2, 0.25) is 0 Å². The van der Waals surface area contributed by atoms with Crippen molar-refractivity contribution in [3.05, 3.63) is 0 Å². The highest BCUT2D eigenvalue weighted by atomic mass is 16.5. The van der Waals surface area contributed by atoms with Crippen molar-refractivity contribution >= 4 is 11.9 Å². The monoisotopic (exact) mass is 209 g/mol. The van der Waals surface area contributed by atoms with Gasteiger partial charge < -0.3 is 9.64 Å². The molecule has 0 unspecified atom stereocenters. The van der Waals surface area contributed by atoms with Crippen LogP contribution in [-0.4, -0.2) is 36.0 Å². The first kappa shape index (κ1) is 11.6. The van der Waals surface area contributed by atoms with Gasteiger partial charge in [0, 0.05) is 6.04 Å². The number of hydrogen-bond acceptors (Lipinski definition) is 3. The molecule has 15 heavy (non-hydrogen) atoms. The van der Waals surface area contributed by atoms with Crippen LogP contribution in [-0.2, 0) is 14.3 Å². The molecule has 0 bridgehead atoms. The number of terminal acetylenes is 1. The molecule has 0 heterocycles. The summed E-state index contributed by atoms with van der Waals surface area (Å²) in [7, 11) is 0. The highest BCUT2D eigenvalue weighted by molar-refractivity contribution is 5.84. The van der Waals surface area contributed by atoms with Crippen LogP contribution < -0.4 is 0 Å². The maximum absolute atomic E-state index is 11.5. The van der Waals surface area contributed by atoms with Gasteiger partial charge in [0.1, 0.15) is 6.54 Å². The van der Waals surface area contributed by atoms with Crippen molar-refractivity contribution in [2.45, 2.75) is 32.2 Å². The van der Waals surface area contributed by atoms with E-state index in [9.17, 15) is 9.59 Å². The molecule has 0 aromatic heterocycles. The van der Waals surface area contributed by atoms with E-state index >= 15 is 0 Å². The first-order valence-corrected chi connectivity index (χ1v) is 5.07. The fourth-order valence-corrected chi connectivity index (χ4v) is 1.34. The summed E-state index contributed by atoms with van der Waals surface area (Å²) in [5.74, 6) is 1.77. The van der Waals surface area contributed by atoms with E-state index in [4.69, 9.17) is 11.2 Å². The van der Waals surface area contributed by atoms with Crippen molar-refractivity contribution in [2.24, 2.45) is 0 Å². The van der Waals surface area contributed by atoms with Crippen LogP contribution in [0.1, 0.15) is 26.2 Å². The predicted molar refractivity (Wildman–Crippen MR) is 54.8 cm³/mol. The SMILES string of the molecule is C#CCC(=O)N(CC(=O)OCC)C1CC1. The zero-order chi connectivity index (χ0) is 11.3. The molecule has 1 amide bonds. The van der Waals surface area contributed by atoms with Gasteiger partial charge in [0.15, 0.2) is 0 Å². The third-order valence-corrected chi connectivity index (χ3v) is 2.17. The Morgan fingerprint density at radius 1 is 1.53 bits per heavy atom. The summed E-state index contributed by atoms with van der Waals surface area (Å²) in [4.78, 5) is 24.3. The fourth-order valence-electron chi connectivity index (χ4n) is 1.34. The van der Waals surface area contributed by atoms with Gasteiger partial charge in [-0.25, -0.2) is 0 Å². The van der Waals surface area contributed by atoms with Crippen LogP contribution in [0.3, 0.4) is 0 Å². The Labute approximate surface area is 89.6 Å². The van der Waals surface area contributed by atoms with E-state index in [0.29, 0.717) is 6.61 Å². The molecule has 1 saturated carbocycles. The number of ether oxygens (including phenoxy) is 1. The van der Waals surface area contributed by atoms with Crippen molar-refractivity contribution in [1.29, 1.82) is 0 Å². The molecule has 0 aromatic carbocycles. The Morgan fingerprint density at radius 2 is 2.20 bits per heavy atom. The van der Waals surface area contributed by atoms with Gasteiger partial charge in [-0.05, 0) is 19.8 Å². The lowest BCUT2D eigenvalue weighted by Crippen LogP contribution is -2.37. The molecule has 4 heteroatoms. The molecule has 0 aliphatic heterocycles. The van der Waals surface area contributed by atoms with E-state index in [0.717, 1.165) is 12.8 Å². The van der Waals surface area contributed by atoms with Crippen molar-refractivity contribution in [1.82, 2.24) is 4.90 Å². The van der Waals surface area contributed by atoms with E-state index in [1.54, 1.807) is 6.92 Å². The van der Waals surface area contributed by atoms with Gasteiger partial charge >= 0.3 is 5.97 Å². The maximum atomic E-state index is 11.5. The van der Waals surface area contributed by atoms with Gasteiger partial charge in [-0.2, -0.15) is 0 Å². The second-order valence-electron chi connectivity index (χ2n) is 3.44. The van der Waals surface area contributed by atoms with Crippen LogP contribution in [0.25, 0.3) is 0 Å². The molecule has 0 aromatic rings. The number of rotatable bonds is 5. The summed E-state index contributed by atoms with van der Waals surface area (Å²) in [6.45, 7) is 2.10. The molecule has 1 aliphatic carbocycles. The van der Waals surface area contributed by atoms with E-state index in [-0.39, 0.29) is 30.9 Å². The van der Waals surface area contributed by atoms with E-state index < -0.39 is 0 Å². The first-order chi connectivity index (χ1) is 7.19. The minimum Gasteiger partial charge on any atom is -0.465 e. The zero-order valence-electron chi connectivity index (χ0n) is 8.86. The average molecular weight is 209 g/mol. The Morgan fingerprint density at radius 3 is 2.67 bits per heavy atom. The highest BCUT2D eigenvalue weighted by Crippen LogP contribution is 2.27. The molecule has 4 nitrogen and oxygen atoms in total. The standard InChI is InChI=1S/C11H15NO3/c1-3-5-10(13)12(9-6-7-9)8-11(14)15-4-2/h1,9H,4-8H2,2H3. The third kappa shape index (κ3) is 3.62. The summed E-state index contributed by atoms with van der Waals surface area (Å²) in [5, 5.41) is 0. The van der Waals surface area contributed by atoms with Gasteiger partial charge in [0.05, 0.1) is 13.0 Å². The number of hydrogen-bond donors (Lipinski definition) is 0. The van der Waals surface area contributed by atoms with E-state index in [2.05, 4.69) is 5.92 Å². The molecule has 0 atom stereocenters. The topological polar surface area (TPSA) is 46.6 Å². The number of esters is 1. The summed E-state index contributed by atoms with van der Waals surface area (Å²) >= 11 is 0. The van der Waals surface area contributed by atoms with Crippen molar-refractivity contribution in [3.8, 4) is 12.3 Å². The molecule has 1 fully saturated rings. The lowest BCUT2D eigenvalue weighted by molar-refractivity contribution is -0.149. The second kappa shape index (κ2) is 5.40. The Hall–Kier alpha value is -1.50. The molecule has 1 aliphatic rings. The molecule has 0 spiro atoms. The average Bonchev–Trinajstić information content (AvgIpc) is 2.98. The minimum atomic E-state index is -0.366. The minimum absolute atomic E-state index is 0.0268. The second-order valence-corrected chi connectivity index (χ2v) is 3.44. The molecule has 0 N–H and O–H groups in total. The predicted octanol–water partition coefficient (Wildman–Crippen LogP) is 0.564. The van der Waals surface area contributed by atoms with Gasteiger partial charge in [0.2, 0.25) is 5.91 Å². The number of nitrogens with zero attached hydrogens (tertiary/aromatic N) is 1. The largest absolute Gasteiger partial charge is 0.465 e. The molecule has 0 saturated heterocycles. The molecule has 1 rings (SSSR count).